The normalized spacial score (nSPS) is 20.5. The van der Waals surface area contributed by atoms with Crippen molar-refractivity contribution in [2.45, 2.75) is 37.7 Å². The minimum absolute atomic E-state index is 0.0671. The Balaban J connectivity index is 1.60. The van der Waals surface area contributed by atoms with Gasteiger partial charge in [-0.1, -0.05) is 40.6 Å². The van der Waals surface area contributed by atoms with E-state index in [4.69, 9.17) is 14.8 Å². The van der Waals surface area contributed by atoms with Crippen LogP contribution in [0.15, 0.2) is 39.4 Å². The van der Waals surface area contributed by atoms with Crippen LogP contribution in [0.1, 0.15) is 65.5 Å². The molecule has 1 amide bonds. The SMILES string of the molecule is CC(O)c1nc(C2CC(c3c(C(N)=O)noc3-c3ccccc3)C2)no1. The number of primary amides is 1. The molecule has 3 N–H and O–H groups in total. The van der Waals surface area contributed by atoms with Crippen molar-refractivity contribution in [3.8, 4) is 11.3 Å². The summed E-state index contributed by atoms with van der Waals surface area (Å²) in [7, 11) is 0. The Hall–Kier alpha value is -3.00. The first kappa shape index (κ1) is 16.5. The van der Waals surface area contributed by atoms with E-state index in [9.17, 15) is 9.90 Å². The molecule has 4 rings (SSSR count). The minimum atomic E-state index is -0.795. The molecule has 1 atom stereocenters. The molecule has 134 valence electrons. The molecular formula is C18H18N4O4. The topological polar surface area (TPSA) is 128 Å². The van der Waals surface area contributed by atoms with E-state index in [2.05, 4.69) is 15.3 Å². The molecule has 3 aromatic rings. The van der Waals surface area contributed by atoms with E-state index in [1.54, 1.807) is 6.92 Å². The molecule has 1 aromatic carbocycles. The molecule has 1 fully saturated rings. The van der Waals surface area contributed by atoms with Crippen LogP contribution in [-0.2, 0) is 0 Å². The number of aliphatic hydroxyl groups is 1. The molecular weight excluding hydrogens is 336 g/mol. The monoisotopic (exact) mass is 354 g/mol. The lowest BCUT2D eigenvalue weighted by atomic mass is 9.70. The number of hydrogen-bond donors (Lipinski definition) is 2. The van der Waals surface area contributed by atoms with Crippen molar-refractivity contribution in [2.75, 3.05) is 0 Å². The van der Waals surface area contributed by atoms with Gasteiger partial charge < -0.3 is 19.9 Å². The predicted octanol–water partition coefficient (Wildman–Crippen LogP) is 2.54. The standard InChI is InChI=1S/C18H18N4O4/c1-9(23)18-20-17(22-26-18)12-7-11(8-12)13-14(16(19)24)21-25-15(13)10-5-3-2-4-6-10/h2-6,9,11-12,23H,7-8H2,1H3,(H2,19,24). The van der Waals surface area contributed by atoms with E-state index in [0.29, 0.717) is 11.6 Å². The maximum Gasteiger partial charge on any atom is 0.271 e. The van der Waals surface area contributed by atoms with Gasteiger partial charge in [-0.25, -0.2) is 0 Å². The Morgan fingerprint density at radius 2 is 1.92 bits per heavy atom. The Morgan fingerprint density at radius 1 is 1.19 bits per heavy atom. The summed E-state index contributed by atoms with van der Waals surface area (Å²) in [5.74, 6) is 0.894. The first-order chi connectivity index (χ1) is 12.5. The number of hydrogen-bond acceptors (Lipinski definition) is 7. The minimum Gasteiger partial charge on any atom is -0.384 e. The van der Waals surface area contributed by atoms with Crippen molar-refractivity contribution in [1.82, 2.24) is 15.3 Å². The quantitative estimate of drug-likeness (QED) is 0.720. The van der Waals surface area contributed by atoms with Crippen molar-refractivity contribution in [3.63, 3.8) is 0 Å². The molecule has 0 spiro atoms. The van der Waals surface area contributed by atoms with Gasteiger partial charge in [0.2, 0.25) is 0 Å². The van der Waals surface area contributed by atoms with Gasteiger partial charge in [0.15, 0.2) is 17.3 Å². The number of carbonyl (C=O) groups excluding carboxylic acids is 1. The second kappa shape index (κ2) is 6.38. The van der Waals surface area contributed by atoms with Crippen LogP contribution in [-0.4, -0.2) is 26.3 Å². The van der Waals surface area contributed by atoms with Crippen molar-refractivity contribution in [1.29, 1.82) is 0 Å². The molecule has 2 aromatic heterocycles. The molecule has 1 aliphatic rings. The number of nitrogens with zero attached hydrogens (tertiary/aromatic N) is 3. The van der Waals surface area contributed by atoms with Crippen LogP contribution < -0.4 is 5.73 Å². The van der Waals surface area contributed by atoms with Gasteiger partial charge in [0.1, 0.15) is 6.10 Å². The molecule has 8 nitrogen and oxygen atoms in total. The highest BCUT2D eigenvalue weighted by Crippen LogP contribution is 2.50. The zero-order valence-corrected chi connectivity index (χ0v) is 14.1. The summed E-state index contributed by atoms with van der Waals surface area (Å²) in [5, 5.41) is 17.3. The van der Waals surface area contributed by atoms with Crippen LogP contribution in [0.3, 0.4) is 0 Å². The summed E-state index contributed by atoms with van der Waals surface area (Å²) in [6.45, 7) is 1.57. The van der Waals surface area contributed by atoms with Crippen LogP contribution in [0, 0.1) is 0 Å². The molecule has 8 heteroatoms. The van der Waals surface area contributed by atoms with Crippen molar-refractivity contribution >= 4 is 5.91 Å². The molecule has 26 heavy (non-hydrogen) atoms. The van der Waals surface area contributed by atoms with Gasteiger partial charge in [0.25, 0.3) is 11.8 Å². The largest absolute Gasteiger partial charge is 0.384 e. The first-order valence-corrected chi connectivity index (χ1v) is 8.41. The average molecular weight is 354 g/mol. The zero-order chi connectivity index (χ0) is 18.3. The van der Waals surface area contributed by atoms with Gasteiger partial charge in [-0.15, -0.1) is 0 Å². The van der Waals surface area contributed by atoms with E-state index in [1.807, 2.05) is 30.3 Å². The molecule has 1 unspecified atom stereocenters. The fraction of sp³-hybridized carbons (Fsp3) is 0.333. The van der Waals surface area contributed by atoms with Crippen molar-refractivity contribution in [2.24, 2.45) is 5.73 Å². The summed E-state index contributed by atoms with van der Waals surface area (Å²) in [6, 6.07) is 9.50. The van der Waals surface area contributed by atoms with Gasteiger partial charge in [-0.05, 0) is 25.7 Å². The third-order valence-corrected chi connectivity index (χ3v) is 4.72. The van der Waals surface area contributed by atoms with Gasteiger partial charge in [0.05, 0.1) is 0 Å². The van der Waals surface area contributed by atoms with Crippen molar-refractivity contribution in [3.05, 3.63) is 53.3 Å². The van der Waals surface area contributed by atoms with Crippen LogP contribution in [0.4, 0.5) is 0 Å². The molecule has 1 aliphatic carbocycles. The lowest BCUT2D eigenvalue weighted by Crippen LogP contribution is -2.24. The van der Waals surface area contributed by atoms with Crippen molar-refractivity contribution < 1.29 is 18.9 Å². The van der Waals surface area contributed by atoms with E-state index < -0.39 is 12.0 Å². The Kier molecular flexibility index (Phi) is 4.04. The highest BCUT2D eigenvalue weighted by molar-refractivity contribution is 5.94. The van der Waals surface area contributed by atoms with E-state index >= 15 is 0 Å². The average Bonchev–Trinajstić information content (AvgIpc) is 3.22. The summed E-state index contributed by atoms with van der Waals surface area (Å²) < 4.78 is 10.5. The number of aliphatic hydroxyl groups excluding tert-OH is 1. The summed E-state index contributed by atoms with van der Waals surface area (Å²) in [6.07, 6.45) is 0.650. The Bertz CT molecular complexity index is 926. The summed E-state index contributed by atoms with van der Waals surface area (Å²) >= 11 is 0. The molecule has 0 saturated heterocycles. The first-order valence-electron chi connectivity index (χ1n) is 8.41. The van der Waals surface area contributed by atoms with Crippen LogP contribution in [0.2, 0.25) is 0 Å². The molecule has 0 radical (unpaired) electrons. The Morgan fingerprint density at radius 3 is 2.54 bits per heavy atom. The number of carbonyl (C=O) groups is 1. The lowest BCUT2D eigenvalue weighted by molar-refractivity contribution is 0.0989. The fourth-order valence-electron chi connectivity index (χ4n) is 3.30. The summed E-state index contributed by atoms with van der Waals surface area (Å²) in [4.78, 5) is 16.0. The molecule has 0 bridgehead atoms. The van der Waals surface area contributed by atoms with Gasteiger partial charge in [-0.2, -0.15) is 4.98 Å². The smallest absolute Gasteiger partial charge is 0.271 e. The molecule has 1 saturated carbocycles. The fourth-order valence-corrected chi connectivity index (χ4v) is 3.30. The Labute approximate surface area is 149 Å². The number of amides is 1. The lowest BCUT2D eigenvalue weighted by Gasteiger charge is -2.33. The third kappa shape index (κ3) is 2.78. The maximum absolute atomic E-state index is 11.8. The highest BCUT2D eigenvalue weighted by Gasteiger charge is 2.40. The number of aromatic nitrogens is 3. The van der Waals surface area contributed by atoms with Gasteiger partial charge >= 0.3 is 0 Å². The van der Waals surface area contributed by atoms with Crippen LogP contribution in [0.25, 0.3) is 11.3 Å². The molecule has 2 heterocycles. The maximum atomic E-state index is 11.8. The second-order valence-electron chi connectivity index (χ2n) is 6.54. The third-order valence-electron chi connectivity index (χ3n) is 4.72. The van der Waals surface area contributed by atoms with Gasteiger partial charge in [-0.3, -0.25) is 4.79 Å². The van der Waals surface area contributed by atoms with Crippen LogP contribution >= 0.6 is 0 Å². The number of rotatable bonds is 5. The van der Waals surface area contributed by atoms with Gasteiger partial charge in [0, 0.05) is 17.0 Å². The highest BCUT2D eigenvalue weighted by atomic mass is 16.5. The second-order valence-corrected chi connectivity index (χ2v) is 6.54. The van der Waals surface area contributed by atoms with Crippen LogP contribution in [0.5, 0.6) is 0 Å². The van der Waals surface area contributed by atoms with E-state index in [0.717, 1.165) is 24.0 Å². The number of nitrogens with two attached hydrogens (primary N) is 1. The van der Waals surface area contributed by atoms with E-state index in [1.165, 1.54) is 0 Å². The number of benzene rings is 1. The molecule has 0 aliphatic heterocycles. The van der Waals surface area contributed by atoms with E-state index in [-0.39, 0.29) is 23.4 Å². The summed E-state index contributed by atoms with van der Waals surface area (Å²) in [5.41, 5.74) is 7.23. The zero-order valence-electron chi connectivity index (χ0n) is 14.1. The predicted molar refractivity (Wildman–Crippen MR) is 90.1 cm³/mol.